The molecule has 43 heteroatoms. The first-order valence-corrected chi connectivity index (χ1v) is 52.9. The fraction of sp³-hybridized carbons (Fsp3) is 0.224. The molecule has 0 amide bonds. The number of nitrogens with two attached hydrogens (primary N) is 5. The highest BCUT2D eigenvalue weighted by Gasteiger charge is 2.48. The Balaban J connectivity index is 0.000000127. The highest BCUT2D eigenvalue weighted by molar-refractivity contribution is 7.91. The quantitative estimate of drug-likeness (QED) is 0.0543. The molecule has 14 N–H and O–H groups in total. The number of nitriles is 1. The minimum absolute atomic E-state index is 0.0273. The average Bonchev–Trinajstić information content (AvgIpc) is 1.25. The number of aryl methyl sites for hydroxylation is 1. The lowest BCUT2D eigenvalue weighted by Crippen LogP contribution is -2.50. The summed E-state index contributed by atoms with van der Waals surface area (Å²) >= 11 is 14.0. The minimum atomic E-state index is -3.72. The number of fused-ring (bicyclic) bond motifs is 5. The van der Waals surface area contributed by atoms with Gasteiger partial charge in [-0.25, -0.2) is 106 Å². The summed E-state index contributed by atoms with van der Waals surface area (Å²) in [6, 6.07) is 66.8. The zero-order chi connectivity index (χ0) is 102. The van der Waals surface area contributed by atoms with Crippen LogP contribution in [0.15, 0.2) is 243 Å². The third-order valence-electron chi connectivity index (χ3n) is 25.4. The van der Waals surface area contributed by atoms with Crippen molar-refractivity contribution in [1.82, 2.24) is 41.5 Å². The number of guanidine groups is 5. The standard InChI is InChI=1S/C20H18FN5O2S.C20H21FN4O3S.C20H21FN4O2S.C19H18ClFN4O2S.C19H18ClN3O2S2/c1-20(11-29(27,28)26(2)19(23)25-20)15-8-13(5-6-16(15)21)18-9-14-4-3-12(10-22)7-17(14)24-18;1-20(11-29(26,27)25(2)19(22)24-20)15-8-12(5-7-16(15)21)17-9-13-4-6-14(28-3)10-18(13)23-17;1-12-4-5-14-10-18(23-17(14)8-12)13-6-7-16(21)15(9-13)20(2)11-28(26,27)25(3)19(22)24-20;1-19(10-28(26,27)25(2)18(22)24-19)14-7-11(4-6-15(14)21)16-8-12-3-5-13(20)9-17(12)23-16;1-19(11-27(24,25)23(2)18(21)22-19)17-15(20)10-16(26-17)14-8-7-12-5-3-4-6-13(12)9-14/h3-9,24H,11H2,1-2H3,(H2,23,25);4-10,23H,11H2,1-3H3,(H2,22,24);4-10,23H,11H2,1-3H3,(H2,22,24);3-9,23H,10H2,1-2H3,(H2,22,24);3-10H,11H2,1-2H3,(H2,21,22)/t3*20-;2*19-/m00000/s1. The Morgan fingerprint density at radius 2 is 0.681 bits per heavy atom. The van der Waals surface area contributed by atoms with E-state index in [1.807, 2.05) is 104 Å². The summed E-state index contributed by atoms with van der Waals surface area (Å²) in [5, 5.41) is 16.3. The van der Waals surface area contributed by atoms with Crippen molar-refractivity contribution in [1.29, 1.82) is 5.26 Å². The molecule has 0 radical (unpaired) electrons. The van der Waals surface area contributed by atoms with Crippen LogP contribution in [0.25, 0.3) is 110 Å². The number of thiophene rings is 1. The van der Waals surface area contributed by atoms with Crippen molar-refractivity contribution in [3.8, 4) is 67.3 Å². The molecule has 10 heterocycles. The third kappa shape index (κ3) is 19.8. The number of halogens is 6. The van der Waals surface area contributed by atoms with E-state index >= 15 is 0 Å². The molecule has 5 atom stereocenters. The topological polar surface area (TPSA) is 475 Å². The maximum Gasteiger partial charge on any atom is 0.239 e. The molecule has 0 fully saturated rings. The highest BCUT2D eigenvalue weighted by atomic mass is 35.5. The summed E-state index contributed by atoms with van der Waals surface area (Å²) in [6.45, 7) is 10.0. The van der Waals surface area contributed by atoms with Crippen molar-refractivity contribution in [2.24, 2.45) is 53.6 Å². The molecule has 0 saturated heterocycles. The summed E-state index contributed by atoms with van der Waals surface area (Å²) in [7, 11) is -10.0. The Hall–Kier alpha value is -14.0. The van der Waals surface area contributed by atoms with Crippen LogP contribution in [0.2, 0.25) is 10.0 Å². The first-order chi connectivity index (χ1) is 66.1. The molecule has 10 aromatic carbocycles. The van der Waals surface area contributed by atoms with Crippen LogP contribution in [0.3, 0.4) is 0 Å². The Morgan fingerprint density at radius 3 is 1.05 bits per heavy atom. The van der Waals surface area contributed by atoms with E-state index in [-0.39, 0.29) is 75.1 Å². The second-order valence-corrected chi connectivity index (χ2v) is 47.8. The van der Waals surface area contributed by atoms with E-state index in [2.05, 4.69) is 75.2 Å². The van der Waals surface area contributed by atoms with Gasteiger partial charge in [0.1, 0.15) is 56.7 Å². The van der Waals surface area contributed by atoms with Gasteiger partial charge in [0.15, 0.2) is 0 Å². The minimum Gasteiger partial charge on any atom is -0.497 e. The lowest BCUT2D eigenvalue weighted by atomic mass is 9.92. The van der Waals surface area contributed by atoms with Crippen molar-refractivity contribution >= 4 is 169 Å². The van der Waals surface area contributed by atoms with Gasteiger partial charge in [0, 0.05) is 140 Å². The van der Waals surface area contributed by atoms with E-state index < -0.39 is 107 Å². The molecule has 0 saturated carbocycles. The van der Waals surface area contributed by atoms with Crippen LogP contribution in [0.5, 0.6) is 5.75 Å². The molecule has 5 aliphatic rings. The molecule has 20 rings (SSSR count). The van der Waals surface area contributed by atoms with Crippen LogP contribution >= 0.6 is 34.5 Å². The second kappa shape index (κ2) is 36.9. The summed E-state index contributed by atoms with van der Waals surface area (Å²) in [5.41, 5.74) is 35.5. The van der Waals surface area contributed by atoms with Gasteiger partial charge in [0.05, 0.1) is 57.4 Å². The van der Waals surface area contributed by atoms with E-state index in [0.29, 0.717) is 42.9 Å². The number of nitrogens with zero attached hydrogens (tertiary/aromatic N) is 11. The molecule has 0 unspecified atom stereocenters. The van der Waals surface area contributed by atoms with Crippen molar-refractivity contribution in [2.45, 2.75) is 69.2 Å². The number of aliphatic imine (C=N–C) groups is 5. The van der Waals surface area contributed by atoms with Gasteiger partial charge in [-0.05, 0) is 237 Å². The fourth-order valence-electron chi connectivity index (χ4n) is 17.5. The molecule has 5 aliphatic heterocycles. The monoisotopic (exact) mass is 2070 g/mol. The molecule has 5 aromatic heterocycles. The van der Waals surface area contributed by atoms with Gasteiger partial charge in [0.2, 0.25) is 79.9 Å². The molecule has 0 bridgehead atoms. The van der Waals surface area contributed by atoms with Crippen LogP contribution in [0, 0.1) is 41.5 Å². The van der Waals surface area contributed by atoms with Crippen LogP contribution in [-0.4, -0.2) is 184 Å². The molecule has 732 valence electrons. The van der Waals surface area contributed by atoms with Crippen LogP contribution in [-0.2, 0) is 77.8 Å². The number of hydrogen-bond donors (Lipinski definition) is 9. The molecular formula is C98H96Cl2F4N20O11S6. The van der Waals surface area contributed by atoms with Crippen molar-refractivity contribution in [2.75, 3.05) is 71.1 Å². The normalized spacial score (nSPS) is 21.5. The zero-order valence-corrected chi connectivity index (χ0v) is 84.2. The van der Waals surface area contributed by atoms with Gasteiger partial charge in [-0.15, -0.1) is 11.3 Å². The number of benzene rings is 10. The number of nitrogens with one attached hydrogen (secondary N) is 4. The number of methoxy groups -OCH3 is 1. The van der Waals surface area contributed by atoms with Gasteiger partial charge >= 0.3 is 0 Å². The zero-order valence-electron chi connectivity index (χ0n) is 77.8. The van der Waals surface area contributed by atoms with Crippen LogP contribution in [0.1, 0.15) is 72.9 Å². The van der Waals surface area contributed by atoms with Crippen LogP contribution in [0.4, 0.5) is 17.6 Å². The summed E-state index contributed by atoms with van der Waals surface area (Å²) in [6.07, 6.45) is 0. The number of sulfonamides is 5. The number of ether oxygens (including phenoxy) is 1. The van der Waals surface area contributed by atoms with Gasteiger partial charge in [-0.2, -0.15) is 5.26 Å². The van der Waals surface area contributed by atoms with Crippen LogP contribution < -0.4 is 33.4 Å². The molecular weight excluding hydrogens is 1970 g/mol. The van der Waals surface area contributed by atoms with Gasteiger partial charge in [-0.3, -0.25) is 0 Å². The largest absolute Gasteiger partial charge is 0.497 e. The predicted octanol–water partition coefficient (Wildman–Crippen LogP) is 16.0. The van der Waals surface area contributed by atoms with Gasteiger partial charge in [0.25, 0.3) is 0 Å². The third-order valence-corrected chi connectivity index (χ3v) is 37.2. The van der Waals surface area contributed by atoms with E-state index in [1.54, 1.807) is 115 Å². The van der Waals surface area contributed by atoms with E-state index in [9.17, 15) is 59.7 Å². The van der Waals surface area contributed by atoms with Crippen molar-refractivity contribution in [3.05, 3.63) is 290 Å². The Kier molecular flexibility index (Phi) is 26.2. The summed E-state index contributed by atoms with van der Waals surface area (Å²) in [5.74, 6) is -3.80. The first-order valence-electron chi connectivity index (χ1n) is 43.3. The predicted molar refractivity (Wildman–Crippen MR) is 551 cm³/mol. The number of aromatic nitrogens is 4. The lowest BCUT2D eigenvalue weighted by Gasteiger charge is -2.34. The first kappa shape index (κ1) is 100. The molecule has 0 spiro atoms. The Morgan fingerprint density at radius 1 is 0.369 bits per heavy atom. The number of rotatable bonds is 11. The highest BCUT2D eigenvalue weighted by Crippen LogP contribution is 2.47. The smallest absolute Gasteiger partial charge is 0.239 e. The van der Waals surface area contributed by atoms with Gasteiger partial charge in [-0.1, -0.05) is 83.9 Å². The average molecular weight is 2070 g/mol. The molecule has 31 nitrogen and oxygen atoms in total. The maximum atomic E-state index is 14.7. The van der Waals surface area contributed by atoms with Gasteiger partial charge < -0.3 is 53.3 Å². The number of hydrogen-bond acceptors (Lipinski definition) is 23. The summed E-state index contributed by atoms with van der Waals surface area (Å²) in [4.78, 5) is 36.4. The molecule has 0 aliphatic carbocycles. The fourth-order valence-corrected chi connectivity index (χ4v) is 26.6. The van der Waals surface area contributed by atoms with Crippen molar-refractivity contribution < 1.29 is 64.4 Å². The Labute approximate surface area is 825 Å². The SMILES string of the molecule is CN1C(N)=N[C@](C)(c2cc(-c3cc4ccc(C#N)cc4[nH]3)ccc2F)CS1(=O)=O.CN1C(N)=N[C@](C)(c2cc(-c3cc4ccc(Cl)cc4[nH]3)ccc2F)CS1(=O)=O.CN1C(N)=N[C@](C)(c2sc(-c3ccc4ccccc4c3)cc2Cl)CS1(=O)=O.COc1ccc2cc(-c3ccc(F)c([C@]4(C)CS(=O)(=O)N(C)C(N)=N4)c3)[nH]c2c1.Cc1ccc2cc(-c3ccc(F)c([C@]4(C)CS(=O)(=O)N(C)C(N)=N4)c3)[nH]c2c1. The van der Waals surface area contributed by atoms with E-state index in [0.717, 1.165) is 120 Å². The molecule has 141 heavy (non-hydrogen) atoms. The summed E-state index contributed by atoms with van der Waals surface area (Å²) < 4.78 is 193. The second-order valence-electron chi connectivity index (χ2n) is 35.9. The van der Waals surface area contributed by atoms with E-state index in [1.165, 1.54) is 70.8 Å². The van der Waals surface area contributed by atoms with Crippen molar-refractivity contribution in [3.63, 3.8) is 0 Å². The van der Waals surface area contributed by atoms with E-state index in [4.69, 9.17) is 61.9 Å². The number of aromatic amines is 4. The molecule has 15 aromatic rings. The lowest BCUT2D eigenvalue weighted by molar-refractivity contribution is 0.415. The number of H-pyrrole nitrogens is 4. The maximum absolute atomic E-state index is 14.7. The Bertz CT molecular complexity index is 8310.